The number of ether oxygens (including phenoxy) is 1. The van der Waals surface area contributed by atoms with E-state index in [1.165, 1.54) is 6.07 Å². The zero-order valence-electron chi connectivity index (χ0n) is 11.1. The van der Waals surface area contributed by atoms with Crippen molar-refractivity contribution in [3.63, 3.8) is 0 Å². The molecule has 0 amide bonds. The lowest BCUT2D eigenvalue weighted by Gasteiger charge is -2.36. The smallest absolute Gasteiger partial charge is 0.271 e. The Morgan fingerprint density at radius 1 is 1.37 bits per heavy atom. The molecule has 1 aromatic carbocycles. The van der Waals surface area contributed by atoms with E-state index in [0.29, 0.717) is 18.7 Å². The third kappa shape index (κ3) is 3.21. The van der Waals surface area contributed by atoms with Gasteiger partial charge >= 0.3 is 0 Å². The molecule has 1 saturated heterocycles. The molecule has 0 saturated carbocycles. The molecule has 1 fully saturated rings. The molecule has 1 N–H and O–H groups in total. The van der Waals surface area contributed by atoms with Gasteiger partial charge in [0.25, 0.3) is 5.69 Å². The highest BCUT2D eigenvalue weighted by Gasteiger charge is 2.24. The quantitative estimate of drug-likeness (QED) is 0.665. The number of hydrogen-bond acceptors (Lipinski definition) is 5. The van der Waals surface area contributed by atoms with Gasteiger partial charge in [0.1, 0.15) is 0 Å². The SMILES string of the molecule is C[C@@H]1CN(c2cc(CO)cc([N+](=O)[O-])c2)C[C@H](C)O1. The largest absolute Gasteiger partial charge is 0.392 e. The lowest BCUT2D eigenvalue weighted by Crippen LogP contribution is -2.45. The number of morpholine rings is 1. The first-order chi connectivity index (χ1) is 8.99. The fraction of sp³-hybridized carbons (Fsp3) is 0.538. The molecule has 0 bridgehead atoms. The first kappa shape index (κ1) is 13.8. The van der Waals surface area contributed by atoms with E-state index in [2.05, 4.69) is 4.90 Å². The first-order valence-corrected chi connectivity index (χ1v) is 6.29. The number of hydrogen-bond donors (Lipinski definition) is 1. The Balaban J connectivity index is 2.32. The van der Waals surface area contributed by atoms with E-state index >= 15 is 0 Å². The third-order valence-electron chi connectivity index (χ3n) is 3.14. The first-order valence-electron chi connectivity index (χ1n) is 6.29. The van der Waals surface area contributed by atoms with Crippen molar-refractivity contribution in [2.75, 3.05) is 18.0 Å². The Morgan fingerprint density at radius 3 is 2.53 bits per heavy atom. The van der Waals surface area contributed by atoms with E-state index in [9.17, 15) is 15.2 Å². The average Bonchev–Trinajstić information content (AvgIpc) is 2.37. The second-order valence-electron chi connectivity index (χ2n) is 4.94. The molecule has 0 spiro atoms. The summed E-state index contributed by atoms with van der Waals surface area (Å²) in [4.78, 5) is 12.5. The summed E-state index contributed by atoms with van der Waals surface area (Å²) in [5.74, 6) is 0. The van der Waals surface area contributed by atoms with Crippen LogP contribution in [0.25, 0.3) is 0 Å². The van der Waals surface area contributed by atoms with Crippen molar-refractivity contribution in [2.45, 2.75) is 32.7 Å². The molecule has 1 heterocycles. The van der Waals surface area contributed by atoms with Gasteiger partial charge in [0.2, 0.25) is 0 Å². The van der Waals surface area contributed by atoms with Gasteiger partial charge < -0.3 is 14.7 Å². The van der Waals surface area contributed by atoms with Crippen LogP contribution in [-0.4, -0.2) is 35.3 Å². The predicted molar refractivity (Wildman–Crippen MR) is 71.2 cm³/mol. The Kier molecular flexibility index (Phi) is 4.01. The minimum Gasteiger partial charge on any atom is -0.392 e. The fourth-order valence-electron chi connectivity index (χ4n) is 2.42. The highest BCUT2D eigenvalue weighted by atomic mass is 16.6. The zero-order chi connectivity index (χ0) is 14.0. The van der Waals surface area contributed by atoms with Crippen LogP contribution in [0.5, 0.6) is 0 Å². The van der Waals surface area contributed by atoms with E-state index in [0.717, 1.165) is 5.69 Å². The predicted octanol–water partition coefficient (Wildman–Crippen LogP) is 1.70. The Morgan fingerprint density at radius 2 is 2.00 bits per heavy atom. The van der Waals surface area contributed by atoms with Crippen LogP contribution < -0.4 is 4.90 Å². The molecular weight excluding hydrogens is 248 g/mol. The third-order valence-corrected chi connectivity index (χ3v) is 3.14. The number of nitro benzene ring substituents is 1. The van der Waals surface area contributed by atoms with Crippen LogP contribution in [0.4, 0.5) is 11.4 Å². The lowest BCUT2D eigenvalue weighted by atomic mass is 10.1. The van der Waals surface area contributed by atoms with E-state index < -0.39 is 4.92 Å². The highest BCUT2D eigenvalue weighted by Crippen LogP contribution is 2.26. The van der Waals surface area contributed by atoms with Gasteiger partial charge in [0, 0.05) is 30.9 Å². The monoisotopic (exact) mass is 266 g/mol. The summed E-state index contributed by atoms with van der Waals surface area (Å²) in [6, 6.07) is 4.73. The second kappa shape index (κ2) is 5.54. The van der Waals surface area contributed by atoms with Gasteiger partial charge in [-0.3, -0.25) is 10.1 Å². The molecule has 0 unspecified atom stereocenters. The van der Waals surface area contributed by atoms with Crippen LogP contribution in [0.3, 0.4) is 0 Å². The number of nitrogens with zero attached hydrogens (tertiary/aromatic N) is 2. The maximum atomic E-state index is 10.9. The molecule has 1 aromatic rings. The van der Waals surface area contributed by atoms with Crippen LogP contribution >= 0.6 is 0 Å². The van der Waals surface area contributed by atoms with Crippen molar-refractivity contribution in [1.29, 1.82) is 0 Å². The molecule has 6 nitrogen and oxygen atoms in total. The standard InChI is InChI=1S/C13H18N2O4/c1-9-6-14(7-10(2)19-9)12-3-11(8-16)4-13(5-12)15(17)18/h3-5,9-10,16H,6-8H2,1-2H3/t9-,10+. The Hall–Kier alpha value is -1.66. The molecule has 1 aliphatic heterocycles. The molecular formula is C13H18N2O4. The second-order valence-corrected chi connectivity index (χ2v) is 4.94. The van der Waals surface area contributed by atoms with Gasteiger partial charge in [0.15, 0.2) is 0 Å². The zero-order valence-corrected chi connectivity index (χ0v) is 11.1. The van der Waals surface area contributed by atoms with Crippen molar-refractivity contribution in [1.82, 2.24) is 0 Å². The number of benzene rings is 1. The molecule has 0 aliphatic carbocycles. The van der Waals surface area contributed by atoms with E-state index in [-0.39, 0.29) is 24.5 Å². The highest BCUT2D eigenvalue weighted by molar-refractivity contribution is 5.56. The molecule has 2 rings (SSSR count). The van der Waals surface area contributed by atoms with E-state index in [1.807, 2.05) is 13.8 Å². The van der Waals surface area contributed by atoms with Crippen molar-refractivity contribution >= 4 is 11.4 Å². The minimum atomic E-state index is -0.435. The summed E-state index contributed by atoms with van der Waals surface area (Å²) in [5, 5.41) is 20.1. The number of non-ortho nitro benzene ring substituents is 1. The maximum absolute atomic E-state index is 10.9. The number of aliphatic hydroxyl groups is 1. The van der Waals surface area contributed by atoms with Gasteiger partial charge in [-0.2, -0.15) is 0 Å². The summed E-state index contributed by atoms with van der Waals surface area (Å²) in [6.07, 6.45) is 0.168. The molecule has 0 radical (unpaired) electrons. The van der Waals surface area contributed by atoms with Crippen LogP contribution in [0.2, 0.25) is 0 Å². The minimum absolute atomic E-state index is 0.00773. The topological polar surface area (TPSA) is 75.8 Å². The molecule has 0 aromatic heterocycles. The summed E-state index contributed by atoms with van der Waals surface area (Å²) in [7, 11) is 0. The van der Waals surface area contributed by atoms with Crippen LogP contribution in [0.15, 0.2) is 18.2 Å². The van der Waals surface area contributed by atoms with Gasteiger partial charge in [-0.1, -0.05) is 0 Å². The molecule has 104 valence electrons. The Labute approximate surface area is 111 Å². The van der Waals surface area contributed by atoms with E-state index in [1.54, 1.807) is 12.1 Å². The van der Waals surface area contributed by atoms with Gasteiger partial charge in [-0.05, 0) is 25.5 Å². The maximum Gasteiger partial charge on any atom is 0.271 e. The molecule has 1 aliphatic rings. The number of anilines is 1. The summed E-state index contributed by atoms with van der Waals surface area (Å²) >= 11 is 0. The number of rotatable bonds is 3. The summed E-state index contributed by atoms with van der Waals surface area (Å²) in [5.41, 5.74) is 1.32. The Bertz CT molecular complexity index is 468. The molecule has 6 heteroatoms. The van der Waals surface area contributed by atoms with Crippen molar-refractivity contribution in [3.05, 3.63) is 33.9 Å². The number of aliphatic hydroxyl groups excluding tert-OH is 1. The average molecular weight is 266 g/mol. The molecule has 2 atom stereocenters. The van der Waals surface area contributed by atoms with Crippen LogP contribution in [-0.2, 0) is 11.3 Å². The van der Waals surface area contributed by atoms with Crippen molar-refractivity contribution in [3.8, 4) is 0 Å². The number of nitro groups is 1. The van der Waals surface area contributed by atoms with Crippen molar-refractivity contribution < 1.29 is 14.8 Å². The van der Waals surface area contributed by atoms with Crippen molar-refractivity contribution in [2.24, 2.45) is 0 Å². The van der Waals surface area contributed by atoms with Gasteiger partial charge in [-0.25, -0.2) is 0 Å². The van der Waals surface area contributed by atoms with Crippen LogP contribution in [0.1, 0.15) is 19.4 Å². The van der Waals surface area contributed by atoms with Crippen LogP contribution in [0, 0.1) is 10.1 Å². The lowest BCUT2D eigenvalue weighted by molar-refractivity contribution is -0.384. The summed E-state index contributed by atoms with van der Waals surface area (Å²) < 4.78 is 5.65. The fourth-order valence-corrected chi connectivity index (χ4v) is 2.42. The molecule has 19 heavy (non-hydrogen) atoms. The van der Waals surface area contributed by atoms with E-state index in [4.69, 9.17) is 4.74 Å². The normalized spacial score (nSPS) is 23.4. The summed E-state index contributed by atoms with van der Waals surface area (Å²) in [6.45, 7) is 5.14. The van der Waals surface area contributed by atoms with Gasteiger partial charge in [-0.15, -0.1) is 0 Å². The van der Waals surface area contributed by atoms with Gasteiger partial charge in [0.05, 0.1) is 23.7 Å².